The normalized spacial score (nSPS) is 11.1. The second-order valence-corrected chi connectivity index (χ2v) is 9.08. The average molecular weight is 433 g/mol. The number of terminal acetylenes is 1. The first-order valence-electron chi connectivity index (χ1n) is 10.8. The van der Waals surface area contributed by atoms with E-state index in [4.69, 9.17) is 6.42 Å². The van der Waals surface area contributed by atoms with Gasteiger partial charge >= 0.3 is 0 Å². The van der Waals surface area contributed by atoms with Gasteiger partial charge in [0.1, 0.15) is 0 Å². The van der Waals surface area contributed by atoms with Crippen LogP contribution in [0.3, 0.4) is 0 Å². The minimum absolute atomic E-state index is 0. The number of rotatable bonds is 10. The molecule has 0 atom stereocenters. The molecule has 0 fully saturated rings. The van der Waals surface area contributed by atoms with Gasteiger partial charge in [0.05, 0.1) is 4.88 Å². The van der Waals surface area contributed by atoms with Crippen molar-refractivity contribution in [2.45, 2.75) is 39.5 Å². The zero-order chi connectivity index (χ0) is 22.4. The number of aryl methyl sites for hydroxylation is 1. The maximum absolute atomic E-state index is 12.7. The lowest BCUT2D eigenvalue weighted by atomic mass is 9.97. The lowest BCUT2D eigenvalue weighted by Gasteiger charge is -2.14. The fraction of sp³-hybridized carbons (Fsp3) is 0.333. The predicted octanol–water partition coefficient (Wildman–Crippen LogP) is 6.48. The molecule has 3 aromatic rings. The SMILES string of the molecule is C#Cc1ccc2cc(-c3sc(C(=O)CCCCN(C)CCC)cc3C)ccc2c1C=O.[H]. The van der Waals surface area contributed by atoms with E-state index in [1.54, 1.807) is 11.3 Å². The quantitative estimate of drug-likeness (QED) is 0.159. The first-order chi connectivity index (χ1) is 15.0. The summed E-state index contributed by atoms with van der Waals surface area (Å²) in [5.41, 5.74) is 3.32. The van der Waals surface area contributed by atoms with Crippen LogP contribution < -0.4 is 0 Å². The topological polar surface area (TPSA) is 37.4 Å². The molecule has 0 amide bonds. The number of benzene rings is 2. The average Bonchev–Trinajstić information content (AvgIpc) is 3.17. The Morgan fingerprint density at radius 1 is 1.19 bits per heavy atom. The highest BCUT2D eigenvalue weighted by Gasteiger charge is 2.15. The van der Waals surface area contributed by atoms with Gasteiger partial charge in [-0.2, -0.15) is 0 Å². The minimum atomic E-state index is 0. The molecule has 3 rings (SSSR count). The second-order valence-electron chi connectivity index (χ2n) is 8.03. The van der Waals surface area contributed by atoms with Gasteiger partial charge in [-0.05, 0) is 86.4 Å². The van der Waals surface area contributed by atoms with Crippen LogP contribution in [-0.4, -0.2) is 37.1 Å². The molecule has 0 unspecified atom stereocenters. The molecular weight excluding hydrogens is 402 g/mol. The molecule has 0 saturated carbocycles. The summed E-state index contributed by atoms with van der Waals surface area (Å²) in [5, 5.41) is 1.82. The van der Waals surface area contributed by atoms with Crippen molar-refractivity contribution >= 4 is 34.2 Å². The highest BCUT2D eigenvalue weighted by atomic mass is 32.1. The van der Waals surface area contributed by atoms with Gasteiger partial charge in [0.15, 0.2) is 12.1 Å². The van der Waals surface area contributed by atoms with Gasteiger partial charge in [-0.1, -0.05) is 31.0 Å². The molecule has 0 spiro atoms. The summed E-state index contributed by atoms with van der Waals surface area (Å²) in [4.78, 5) is 28.5. The molecule has 0 N–H and O–H groups in total. The summed E-state index contributed by atoms with van der Waals surface area (Å²) < 4.78 is 0. The Morgan fingerprint density at radius 3 is 2.71 bits per heavy atom. The van der Waals surface area contributed by atoms with Crippen molar-refractivity contribution in [3.8, 4) is 22.8 Å². The third kappa shape index (κ3) is 5.31. The highest BCUT2D eigenvalue weighted by molar-refractivity contribution is 7.17. The Balaban J connectivity index is 0.00000363. The predicted molar refractivity (Wildman–Crippen MR) is 132 cm³/mol. The number of ketones is 1. The van der Waals surface area contributed by atoms with Crippen LogP contribution in [0.2, 0.25) is 0 Å². The monoisotopic (exact) mass is 432 g/mol. The molecular formula is C27H30NO2S. The number of carbonyl (C=O) groups is 2. The van der Waals surface area contributed by atoms with Gasteiger partial charge in [0, 0.05) is 23.9 Å². The summed E-state index contributed by atoms with van der Waals surface area (Å²) in [6.45, 7) is 6.37. The largest absolute Gasteiger partial charge is 0.306 e. The number of fused-ring (bicyclic) bond motifs is 1. The number of hydrogen-bond acceptors (Lipinski definition) is 4. The number of carbonyl (C=O) groups excluding carboxylic acids is 2. The van der Waals surface area contributed by atoms with E-state index in [1.165, 1.54) is 0 Å². The van der Waals surface area contributed by atoms with Crippen LogP contribution in [0, 0.1) is 19.3 Å². The summed E-state index contributed by atoms with van der Waals surface area (Å²) >= 11 is 1.56. The Labute approximate surface area is 190 Å². The van der Waals surface area contributed by atoms with E-state index in [2.05, 4.69) is 30.9 Å². The zero-order valence-electron chi connectivity index (χ0n) is 19.5. The van der Waals surface area contributed by atoms with Gasteiger partial charge in [0.25, 0.3) is 0 Å². The maximum atomic E-state index is 12.7. The van der Waals surface area contributed by atoms with E-state index >= 15 is 0 Å². The van der Waals surface area contributed by atoms with Crippen LogP contribution in [0.1, 0.15) is 65.2 Å². The lowest BCUT2D eigenvalue weighted by molar-refractivity contribution is 0.0981. The van der Waals surface area contributed by atoms with Crippen molar-refractivity contribution in [1.82, 2.24) is 4.90 Å². The molecule has 31 heavy (non-hydrogen) atoms. The van der Waals surface area contributed by atoms with Crippen molar-refractivity contribution in [3.63, 3.8) is 0 Å². The van der Waals surface area contributed by atoms with E-state index in [-0.39, 0.29) is 7.21 Å². The standard InChI is InChI=1S/C27H29NO2S.H/c1-5-14-28(4)15-8-7-9-25(30)26-16-19(3)27(31-26)22-12-13-23-21(17-22)11-10-20(6-2)24(23)18-29;/h2,10-13,16-18H,5,7-9,14-15H2,1,3-4H3;. The number of nitrogens with zero attached hydrogens (tertiary/aromatic N) is 1. The van der Waals surface area contributed by atoms with Crippen LogP contribution in [-0.2, 0) is 0 Å². The van der Waals surface area contributed by atoms with Gasteiger partial charge in [-0.15, -0.1) is 17.8 Å². The lowest BCUT2D eigenvalue weighted by Crippen LogP contribution is -2.20. The highest BCUT2D eigenvalue weighted by Crippen LogP contribution is 2.35. The summed E-state index contributed by atoms with van der Waals surface area (Å²) in [6, 6.07) is 11.8. The van der Waals surface area contributed by atoms with Crippen LogP contribution in [0.5, 0.6) is 0 Å². The Hall–Kier alpha value is -2.74. The molecule has 2 aromatic carbocycles. The van der Waals surface area contributed by atoms with Crippen molar-refractivity contribution in [3.05, 3.63) is 58.0 Å². The third-order valence-electron chi connectivity index (χ3n) is 5.59. The van der Waals surface area contributed by atoms with Crippen LogP contribution in [0.4, 0.5) is 0 Å². The number of hydrogen-bond donors (Lipinski definition) is 0. The molecule has 1 heterocycles. The Morgan fingerprint density at radius 2 is 2.00 bits per heavy atom. The van der Waals surface area contributed by atoms with Crippen LogP contribution >= 0.6 is 11.3 Å². The molecule has 1 radical (unpaired) electrons. The first-order valence-corrected chi connectivity index (χ1v) is 11.6. The maximum Gasteiger partial charge on any atom is 0.172 e. The summed E-state index contributed by atoms with van der Waals surface area (Å²) in [6.07, 6.45) is 10.1. The van der Waals surface area contributed by atoms with Crippen molar-refractivity contribution in [2.24, 2.45) is 0 Å². The zero-order valence-corrected chi connectivity index (χ0v) is 19.3. The van der Waals surface area contributed by atoms with Gasteiger partial charge < -0.3 is 4.90 Å². The van der Waals surface area contributed by atoms with Gasteiger partial charge in [0.2, 0.25) is 0 Å². The molecule has 4 heteroatoms. The van der Waals surface area contributed by atoms with Crippen LogP contribution in [0.15, 0.2) is 36.4 Å². The van der Waals surface area contributed by atoms with Crippen molar-refractivity contribution in [1.29, 1.82) is 0 Å². The molecule has 0 aliphatic rings. The first kappa shape index (κ1) is 22.9. The summed E-state index contributed by atoms with van der Waals surface area (Å²) in [5.74, 6) is 2.80. The van der Waals surface area contributed by atoms with Crippen molar-refractivity contribution in [2.75, 3.05) is 20.1 Å². The van der Waals surface area contributed by atoms with E-state index in [0.717, 1.165) is 70.3 Å². The fourth-order valence-electron chi connectivity index (χ4n) is 3.94. The molecule has 0 bridgehead atoms. The molecule has 3 nitrogen and oxygen atoms in total. The number of aldehydes is 1. The van der Waals surface area contributed by atoms with Crippen LogP contribution in [0.25, 0.3) is 21.2 Å². The summed E-state index contributed by atoms with van der Waals surface area (Å²) in [7, 11) is 2.13. The molecule has 1 aromatic heterocycles. The number of unbranched alkanes of at least 4 members (excludes halogenated alkanes) is 1. The van der Waals surface area contributed by atoms with E-state index in [1.807, 2.05) is 37.3 Å². The van der Waals surface area contributed by atoms with E-state index in [0.29, 0.717) is 17.5 Å². The van der Waals surface area contributed by atoms with Gasteiger partial charge in [-0.25, -0.2) is 0 Å². The fourth-order valence-corrected chi connectivity index (χ4v) is 5.07. The van der Waals surface area contributed by atoms with Crippen molar-refractivity contribution < 1.29 is 11.0 Å². The van der Waals surface area contributed by atoms with E-state index < -0.39 is 0 Å². The third-order valence-corrected chi connectivity index (χ3v) is 6.92. The number of thiophene rings is 1. The van der Waals surface area contributed by atoms with E-state index in [9.17, 15) is 9.59 Å². The minimum Gasteiger partial charge on any atom is -0.306 e. The smallest absolute Gasteiger partial charge is 0.172 e. The molecule has 0 aliphatic carbocycles. The molecule has 0 aliphatic heterocycles. The Kier molecular flexibility index (Phi) is 7.79. The number of Topliss-reactive ketones (excluding diaryl/α,β-unsaturated/α-hetero) is 1. The molecule has 161 valence electrons. The van der Waals surface area contributed by atoms with Gasteiger partial charge in [-0.3, -0.25) is 9.59 Å². The molecule has 0 saturated heterocycles. The second kappa shape index (κ2) is 10.5. The Bertz CT molecular complexity index is 1140.